The van der Waals surface area contributed by atoms with Crippen LogP contribution in [0.5, 0.6) is 0 Å². The van der Waals surface area contributed by atoms with Gasteiger partial charge in [-0.25, -0.2) is 0 Å². The fraction of sp³-hybridized carbons (Fsp3) is 0.556. The van der Waals surface area contributed by atoms with E-state index >= 15 is 0 Å². The maximum absolute atomic E-state index is 11.3. The van der Waals surface area contributed by atoms with E-state index in [1.54, 1.807) is 29.9 Å². The number of carbonyl (C=O) groups excluding carboxylic acids is 1. The summed E-state index contributed by atoms with van der Waals surface area (Å²) in [6.45, 7) is 2.39. The molecule has 0 radical (unpaired) electrons. The summed E-state index contributed by atoms with van der Waals surface area (Å²) in [6, 6.07) is 0. The Morgan fingerprint density at radius 2 is 2.31 bits per heavy atom. The molecule has 0 fully saturated rings. The smallest absolute Gasteiger partial charge is 0.243 e. The summed E-state index contributed by atoms with van der Waals surface area (Å²) in [6.07, 6.45) is 4.65. The Labute approximate surface area is 78.1 Å². The third-order valence-electron chi connectivity index (χ3n) is 1.89. The molecule has 1 heterocycles. The molecular weight excluding hydrogens is 166 g/mol. The van der Waals surface area contributed by atoms with Gasteiger partial charge in [-0.05, 0) is 12.0 Å². The van der Waals surface area contributed by atoms with Crippen molar-refractivity contribution in [2.45, 2.75) is 19.9 Å². The van der Waals surface area contributed by atoms with Crippen LogP contribution in [-0.4, -0.2) is 34.7 Å². The third-order valence-corrected chi connectivity index (χ3v) is 1.89. The molecule has 0 aliphatic heterocycles. The molecule has 0 saturated heterocycles. The molecule has 0 saturated carbocycles. The normalized spacial score (nSPS) is 10.1. The Balaban J connectivity index is 2.59. The molecule has 4 heteroatoms. The van der Waals surface area contributed by atoms with Crippen LogP contribution in [0.1, 0.15) is 12.5 Å². The Kier molecular flexibility index (Phi) is 3.06. The predicted octanol–water partition coefficient (Wildman–Crippen LogP) is 0.534. The maximum Gasteiger partial charge on any atom is 0.243 e. The zero-order valence-corrected chi connectivity index (χ0v) is 8.32. The molecule has 0 aromatic carbocycles. The van der Waals surface area contributed by atoms with Gasteiger partial charge >= 0.3 is 0 Å². The highest BCUT2D eigenvalue weighted by Gasteiger charge is 2.05. The molecule has 1 amide bonds. The van der Waals surface area contributed by atoms with Crippen molar-refractivity contribution in [2.75, 3.05) is 14.1 Å². The van der Waals surface area contributed by atoms with E-state index in [4.69, 9.17) is 0 Å². The van der Waals surface area contributed by atoms with Gasteiger partial charge in [-0.1, -0.05) is 6.92 Å². The second-order valence-electron chi connectivity index (χ2n) is 3.19. The summed E-state index contributed by atoms with van der Waals surface area (Å²) in [5, 5.41) is 4.08. The summed E-state index contributed by atoms with van der Waals surface area (Å²) < 4.78 is 1.67. The third kappa shape index (κ3) is 2.57. The quantitative estimate of drug-likeness (QED) is 0.682. The van der Waals surface area contributed by atoms with E-state index in [1.807, 2.05) is 6.20 Å². The molecule has 0 atom stereocenters. The van der Waals surface area contributed by atoms with Crippen LogP contribution in [0.25, 0.3) is 0 Å². The standard InChI is InChI=1S/C9H15N3O/c1-4-8-5-10-12(6-8)7-9(13)11(2)3/h5-6H,4,7H2,1-3H3. The molecule has 4 nitrogen and oxygen atoms in total. The number of aromatic nitrogens is 2. The van der Waals surface area contributed by atoms with Gasteiger partial charge in [0.15, 0.2) is 0 Å². The van der Waals surface area contributed by atoms with Crippen molar-refractivity contribution in [1.29, 1.82) is 0 Å². The Bertz CT molecular complexity index is 291. The topological polar surface area (TPSA) is 38.1 Å². The fourth-order valence-electron chi connectivity index (χ4n) is 0.955. The number of hydrogen-bond donors (Lipinski definition) is 0. The average Bonchev–Trinajstić information content (AvgIpc) is 2.52. The van der Waals surface area contributed by atoms with Crippen molar-refractivity contribution in [3.63, 3.8) is 0 Å². The number of aryl methyl sites for hydroxylation is 1. The van der Waals surface area contributed by atoms with Gasteiger partial charge in [0.25, 0.3) is 0 Å². The predicted molar refractivity (Wildman–Crippen MR) is 50.3 cm³/mol. The van der Waals surface area contributed by atoms with Gasteiger partial charge in [-0.3, -0.25) is 9.48 Å². The zero-order valence-electron chi connectivity index (χ0n) is 8.32. The van der Waals surface area contributed by atoms with Crippen molar-refractivity contribution in [3.05, 3.63) is 18.0 Å². The van der Waals surface area contributed by atoms with Crippen LogP contribution in [0.2, 0.25) is 0 Å². The molecule has 0 aliphatic rings. The second-order valence-corrected chi connectivity index (χ2v) is 3.19. The van der Waals surface area contributed by atoms with E-state index in [-0.39, 0.29) is 5.91 Å². The monoisotopic (exact) mass is 181 g/mol. The molecule has 0 unspecified atom stereocenters. The number of rotatable bonds is 3. The summed E-state index contributed by atoms with van der Waals surface area (Å²) in [5.41, 5.74) is 1.16. The van der Waals surface area contributed by atoms with Crippen molar-refractivity contribution >= 4 is 5.91 Å². The van der Waals surface area contributed by atoms with Crippen molar-refractivity contribution in [3.8, 4) is 0 Å². The summed E-state index contributed by atoms with van der Waals surface area (Å²) in [4.78, 5) is 12.8. The molecule has 0 spiro atoms. The number of likely N-dealkylation sites (N-methyl/N-ethyl adjacent to an activating group) is 1. The molecule has 72 valence electrons. The molecule has 1 aromatic heterocycles. The minimum Gasteiger partial charge on any atom is -0.347 e. The molecular formula is C9H15N3O. The SMILES string of the molecule is CCc1cnn(CC(=O)N(C)C)c1. The zero-order chi connectivity index (χ0) is 9.84. The van der Waals surface area contributed by atoms with Crippen molar-refractivity contribution < 1.29 is 4.79 Å². The average molecular weight is 181 g/mol. The molecule has 1 aromatic rings. The second kappa shape index (κ2) is 4.07. The van der Waals surface area contributed by atoms with E-state index in [2.05, 4.69) is 12.0 Å². The summed E-state index contributed by atoms with van der Waals surface area (Å²) in [5.74, 6) is 0.0609. The Morgan fingerprint density at radius 1 is 1.62 bits per heavy atom. The molecule has 1 rings (SSSR count). The Hall–Kier alpha value is -1.32. The number of amides is 1. The van der Waals surface area contributed by atoms with Crippen LogP contribution < -0.4 is 0 Å². The lowest BCUT2D eigenvalue weighted by atomic mass is 10.3. The van der Waals surface area contributed by atoms with Crippen LogP contribution >= 0.6 is 0 Å². The van der Waals surface area contributed by atoms with E-state index in [0.29, 0.717) is 6.54 Å². The Morgan fingerprint density at radius 3 is 2.77 bits per heavy atom. The maximum atomic E-state index is 11.3. The molecule has 0 bridgehead atoms. The van der Waals surface area contributed by atoms with Crippen molar-refractivity contribution in [1.82, 2.24) is 14.7 Å². The van der Waals surface area contributed by atoms with Gasteiger partial charge < -0.3 is 4.90 Å². The largest absolute Gasteiger partial charge is 0.347 e. The van der Waals surface area contributed by atoms with Crippen LogP contribution in [0.4, 0.5) is 0 Å². The van der Waals surface area contributed by atoms with Gasteiger partial charge in [0.1, 0.15) is 6.54 Å². The highest BCUT2D eigenvalue weighted by Crippen LogP contribution is 1.98. The van der Waals surface area contributed by atoms with Gasteiger partial charge in [-0.2, -0.15) is 5.10 Å². The van der Waals surface area contributed by atoms with Gasteiger partial charge in [-0.15, -0.1) is 0 Å². The van der Waals surface area contributed by atoms with E-state index in [1.165, 1.54) is 0 Å². The van der Waals surface area contributed by atoms with Crippen LogP contribution in [0.15, 0.2) is 12.4 Å². The van der Waals surface area contributed by atoms with Gasteiger partial charge in [0.05, 0.1) is 6.20 Å². The first-order valence-corrected chi connectivity index (χ1v) is 4.35. The lowest BCUT2D eigenvalue weighted by molar-refractivity contribution is -0.129. The van der Waals surface area contributed by atoms with Crippen LogP contribution in [-0.2, 0) is 17.8 Å². The van der Waals surface area contributed by atoms with E-state index in [0.717, 1.165) is 12.0 Å². The lowest BCUT2D eigenvalue weighted by Crippen LogP contribution is -2.26. The van der Waals surface area contributed by atoms with Crippen LogP contribution in [0.3, 0.4) is 0 Å². The number of carbonyl (C=O) groups is 1. The minimum absolute atomic E-state index is 0.0609. The van der Waals surface area contributed by atoms with E-state index < -0.39 is 0 Å². The molecule has 13 heavy (non-hydrogen) atoms. The molecule has 0 N–H and O–H groups in total. The molecule has 0 aliphatic carbocycles. The summed E-state index contributed by atoms with van der Waals surface area (Å²) in [7, 11) is 3.49. The number of hydrogen-bond acceptors (Lipinski definition) is 2. The number of nitrogens with zero attached hydrogens (tertiary/aromatic N) is 3. The first-order chi connectivity index (χ1) is 6.13. The highest BCUT2D eigenvalue weighted by atomic mass is 16.2. The van der Waals surface area contributed by atoms with Gasteiger partial charge in [0, 0.05) is 20.3 Å². The first-order valence-electron chi connectivity index (χ1n) is 4.35. The first kappa shape index (κ1) is 9.77. The van der Waals surface area contributed by atoms with Gasteiger partial charge in [0.2, 0.25) is 5.91 Å². The minimum atomic E-state index is 0.0609. The fourth-order valence-corrected chi connectivity index (χ4v) is 0.955. The van der Waals surface area contributed by atoms with Crippen molar-refractivity contribution in [2.24, 2.45) is 0 Å². The highest BCUT2D eigenvalue weighted by molar-refractivity contribution is 5.75. The van der Waals surface area contributed by atoms with Crippen LogP contribution in [0, 0.1) is 0 Å². The summed E-state index contributed by atoms with van der Waals surface area (Å²) >= 11 is 0. The van der Waals surface area contributed by atoms with E-state index in [9.17, 15) is 4.79 Å². The lowest BCUT2D eigenvalue weighted by Gasteiger charge is -2.09.